The van der Waals surface area contributed by atoms with Crippen LogP contribution in [0.3, 0.4) is 0 Å². The van der Waals surface area contributed by atoms with Gasteiger partial charge in [0, 0.05) is 27.9 Å². The van der Waals surface area contributed by atoms with Gasteiger partial charge in [-0.05, 0) is 59.2 Å². The van der Waals surface area contributed by atoms with Gasteiger partial charge >= 0.3 is 0 Å². The van der Waals surface area contributed by atoms with Gasteiger partial charge < -0.3 is 4.79 Å². The van der Waals surface area contributed by atoms with Crippen LogP contribution in [0.5, 0.6) is 0 Å². The smallest absolute Gasteiger partial charge is 0.160 e. The molecule has 1 aliphatic heterocycles. The number of aromatic nitrogens is 4. The second kappa shape index (κ2) is 10.4. The minimum absolute atomic E-state index is 0.167. The number of carbonyl (C=O) groups excluding carboxylic acids is 1. The van der Waals surface area contributed by atoms with Gasteiger partial charge in [0.25, 0.3) is 0 Å². The standard InChI is InChI=1S/C17H17N5S.C3H6O.C3H8/c1-9-5-6-13(7-18-9)16-15-10(2)11(3)23-17(15)22-12(4)20-21-14(22)8-19-16;1-3(2)4;1-3-2/h5-7H,8H2,1-4H3;1-2H3;3H2,1-2H3. The lowest BCUT2D eigenvalue weighted by Crippen LogP contribution is -2.07. The highest BCUT2D eigenvalue weighted by molar-refractivity contribution is 7.15. The van der Waals surface area contributed by atoms with Gasteiger partial charge in [0.1, 0.15) is 23.2 Å². The van der Waals surface area contributed by atoms with Crippen molar-refractivity contribution in [3.8, 4) is 5.00 Å². The number of thiophene rings is 1. The molecule has 4 rings (SSSR count). The first-order valence-electron chi connectivity index (χ1n) is 10.2. The number of carbonyl (C=O) groups is 1. The molecule has 3 aromatic rings. The van der Waals surface area contributed by atoms with Crippen molar-refractivity contribution < 1.29 is 4.79 Å². The normalized spacial score (nSPS) is 11.7. The molecule has 0 atom stereocenters. The van der Waals surface area contributed by atoms with E-state index in [1.807, 2.05) is 26.1 Å². The first-order chi connectivity index (χ1) is 14.2. The maximum Gasteiger partial charge on any atom is 0.160 e. The van der Waals surface area contributed by atoms with Crippen LogP contribution in [0.15, 0.2) is 23.3 Å². The Balaban J connectivity index is 0.000000403. The summed E-state index contributed by atoms with van der Waals surface area (Å²) in [6.07, 6.45) is 3.16. The van der Waals surface area contributed by atoms with Crippen LogP contribution < -0.4 is 0 Å². The Morgan fingerprint density at radius 3 is 2.30 bits per heavy atom. The summed E-state index contributed by atoms with van der Waals surface area (Å²) in [5.41, 5.74) is 5.51. The van der Waals surface area contributed by atoms with Gasteiger partial charge in [-0.2, -0.15) is 0 Å². The summed E-state index contributed by atoms with van der Waals surface area (Å²) in [6.45, 7) is 16.1. The Morgan fingerprint density at radius 2 is 1.73 bits per heavy atom. The Kier molecular flexibility index (Phi) is 8.17. The zero-order valence-corrected chi connectivity index (χ0v) is 20.0. The van der Waals surface area contributed by atoms with Crippen LogP contribution in [0, 0.1) is 27.7 Å². The summed E-state index contributed by atoms with van der Waals surface area (Å²) in [6, 6.07) is 4.12. The molecule has 0 fully saturated rings. The number of hydrogen-bond acceptors (Lipinski definition) is 6. The third-order valence-corrected chi connectivity index (χ3v) is 5.45. The van der Waals surface area contributed by atoms with Crippen LogP contribution in [0.25, 0.3) is 5.00 Å². The summed E-state index contributed by atoms with van der Waals surface area (Å²) < 4.78 is 2.14. The number of pyridine rings is 1. The zero-order valence-electron chi connectivity index (χ0n) is 19.2. The van der Waals surface area contributed by atoms with Gasteiger partial charge in [0.2, 0.25) is 0 Å². The molecule has 0 aromatic carbocycles. The van der Waals surface area contributed by atoms with E-state index in [0.29, 0.717) is 6.54 Å². The quantitative estimate of drug-likeness (QED) is 0.529. The van der Waals surface area contributed by atoms with Crippen LogP contribution in [0.1, 0.15) is 73.0 Å². The van der Waals surface area contributed by atoms with E-state index >= 15 is 0 Å². The van der Waals surface area contributed by atoms with Crippen molar-refractivity contribution in [1.82, 2.24) is 19.7 Å². The average molecular weight is 426 g/mol. The third-order valence-electron chi connectivity index (χ3n) is 4.26. The molecule has 30 heavy (non-hydrogen) atoms. The first-order valence-corrected chi connectivity index (χ1v) is 11.0. The fourth-order valence-corrected chi connectivity index (χ4v) is 4.12. The predicted octanol–water partition coefficient (Wildman–Crippen LogP) is 5.32. The lowest BCUT2D eigenvalue weighted by molar-refractivity contribution is -0.114. The van der Waals surface area contributed by atoms with Crippen LogP contribution >= 0.6 is 11.3 Å². The number of nitrogens with zero attached hydrogens (tertiary/aromatic N) is 5. The van der Waals surface area contributed by atoms with E-state index in [0.717, 1.165) is 33.6 Å². The van der Waals surface area contributed by atoms with Crippen molar-refractivity contribution in [2.24, 2.45) is 4.99 Å². The number of aliphatic imine (C=N–C) groups is 1. The predicted molar refractivity (Wildman–Crippen MR) is 124 cm³/mol. The highest BCUT2D eigenvalue weighted by atomic mass is 32.1. The molecule has 0 radical (unpaired) electrons. The minimum Gasteiger partial charge on any atom is -0.300 e. The highest BCUT2D eigenvalue weighted by Crippen LogP contribution is 2.35. The van der Waals surface area contributed by atoms with Crippen molar-refractivity contribution in [1.29, 1.82) is 0 Å². The van der Waals surface area contributed by atoms with E-state index in [-0.39, 0.29) is 5.78 Å². The molecule has 6 nitrogen and oxygen atoms in total. The number of aryl methyl sites for hydroxylation is 3. The van der Waals surface area contributed by atoms with Crippen molar-refractivity contribution in [2.45, 2.75) is 68.4 Å². The van der Waals surface area contributed by atoms with Crippen LogP contribution in [0.2, 0.25) is 0 Å². The van der Waals surface area contributed by atoms with Gasteiger partial charge in [0.15, 0.2) is 5.82 Å². The molecule has 1 aliphatic rings. The van der Waals surface area contributed by atoms with Crippen LogP contribution in [-0.4, -0.2) is 31.2 Å². The maximum absolute atomic E-state index is 9.44. The van der Waals surface area contributed by atoms with E-state index in [1.165, 1.54) is 36.3 Å². The SMILES string of the molecule is CC(C)=O.CCC.Cc1ccc(C2=NCc3nnc(C)n3-c3sc(C)c(C)c32)cn1. The van der Waals surface area contributed by atoms with E-state index in [4.69, 9.17) is 4.99 Å². The molecule has 0 N–H and O–H groups in total. The van der Waals surface area contributed by atoms with E-state index in [9.17, 15) is 4.79 Å². The van der Waals surface area contributed by atoms with Gasteiger partial charge in [-0.15, -0.1) is 21.5 Å². The zero-order chi connectivity index (χ0) is 22.4. The molecule has 0 amide bonds. The molecule has 0 saturated heterocycles. The molecule has 4 heterocycles. The van der Waals surface area contributed by atoms with E-state index in [1.54, 1.807) is 11.3 Å². The topological polar surface area (TPSA) is 73.0 Å². The second-order valence-corrected chi connectivity index (χ2v) is 8.63. The molecule has 0 aliphatic carbocycles. The fourth-order valence-electron chi connectivity index (χ4n) is 2.89. The summed E-state index contributed by atoms with van der Waals surface area (Å²) in [4.78, 5) is 20.0. The van der Waals surface area contributed by atoms with Crippen molar-refractivity contribution >= 4 is 22.8 Å². The lowest BCUT2D eigenvalue weighted by atomic mass is 10.0. The molecule has 160 valence electrons. The number of ketones is 1. The lowest BCUT2D eigenvalue weighted by Gasteiger charge is -2.09. The Morgan fingerprint density at radius 1 is 1.10 bits per heavy atom. The largest absolute Gasteiger partial charge is 0.300 e. The van der Waals surface area contributed by atoms with Gasteiger partial charge in [-0.25, -0.2) is 0 Å². The van der Waals surface area contributed by atoms with Crippen LogP contribution in [-0.2, 0) is 11.3 Å². The highest BCUT2D eigenvalue weighted by Gasteiger charge is 2.26. The first kappa shape index (κ1) is 23.6. The number of fused-ring (bicyclic) bond motifs is 3. The van der Waals surface area contributed by atoms with E-state index in [2.05, 4.69) is 53.5 Å². The third kappa shape index (κ3) is 5.27. The van der Waals surface area contributed by atoms with Gasteiger partial charge in [-0.3, -0.25) is 14.5 Å². The molecule has 3 aromatic heterocycles. The summed E-state index contributed by atoms with van der Waals surface area (Å²) >= 11 is 1.77. The molecule has 0 saturated carbocycles. The van der Waals surface area contributed by atoms with Crippen molar-refractivity contribution in [2.75, 3.05) is 0 Å². The Hall–Kier alpha value is -2.67. The number of rotatable bonds is 1. The summed E-state index contributed by atoms with van der Waals surface area (Å²) in [5, 5.41) is 9.68. The summed E-state index contributed by atoms with van der Waals surface area (Å²) in [7, 11) is 0. The number of Topliss-reactive ketones (excluding diaryl/α,β-unsaturated/α-hetero) is 1. The molecular formula is C23H31N5OS. The molecule has 7 heteroatoms. The molecule has 0 spiro atoms. The second-order valence-electron chi connectivity index (χ2n) is 7.43. The van der Waals surface area contributed by atoms with Crippen molar-refractivity contribution in [3.05, 3.63) is 57.2 Å². The summed E-state index contributed by atoms with van der Waals surface area (Å²) in [5.74, 6) is 1.96. The Labute approximate surface area is 183 Å². The number of hydrogen-bond donors (Lipinski definition) is 0. The van der Waals surface area contributed by atoms with Gasteiger partial charge in [0.05, 0.1) is 5.71 Å². The molecule has 0 bridgehead atoms. The van der Waals surface area contributed by atoms with Crippen LogP contribution in [0.4, 0.5) is 0 Å². The minimum atomic E-state index is 0.167. The fraction of sp³-hybridized carbons (Fsp3) is 0.435. The molecule has 0 unspecified atom stereocenters. The Bertz CT molecular complexity index is 1040. The average Bonchev–Trinajstić information content (AvgIpc) is 3.11. The maximum atomic E-state index is 9.44. The van der Waals surface area contributed by atoms with Crippen molar-refractivity contribution in [3.63, 3.8) is 0 Å². The van der Waals surface area contributed by atoms with Gasteiger partial charge in [-0.1, -0.05) is 20.3 Å². The molecular weight excluding hydrogens is 394 g/mol. The van der Waals surface area contributed by atoms with E-state index < -0.39 is 0 Å². The monoisotopic (exact) mass is 425 g/mol.